The summed E-state index contributed by atoms with van der Waals surface area (Å²) in [5.41, 5.74) is 1.68. The number of allylic oxidation sites excluding steroid dienone is 5. The van der Waals surface area contributed by atoms with Crippen molar-refractivity contribution in [3.63, 3.8) is 0 Å². The molecule has 2 fully saturated rings. The molecule has 2 heterocycles. The third-order valence-corrected chi connectivity index (χ3v) is 4.00. The number of hydrogen-bond acceptors (Lipinski definition) is 2. The minimum Gasteiger partial charge on any atom is -0.493 e. The second-order valence-corrected chi connectivity index (χ2v) is 5.13. The van der Waals surface area contributed by atoms with Crippen molar-refractivity contribution in [1.29, 1.82) is 0 Å². The van der Waals surface area contributed by atoms with Gasteiger partial charge >= 0.3 is 0 Å². The zero-order valence-electron chi connectivity index (χ0n) is 11.2. The summed E-state index contributed by atoms with van der Waals surface area (Å²) in [5.74, 6) is 1.09. The van der Waals surface area contributed by atoms with E-state index in [0.717, 1.165) is 12.4 Å². The molecule has 0 atom stereocenters. The first-order valence-electron chi connectivity index (χ1n) is 6.53. The van der Waals surface area contributed by atoms with E-state index >= 15 is 0 Å². The highest BCUT2D eigenvalue weighted by Gasteiger charge is 2.44. The Morgan fingerprint density at radius 1 is 1.24 bits per heavy atom. The molecular weight excluding hydrogens is 210 g/mol. The fourth-order valence-corrected chi connectivity index (χ4v) is 2.78. The lowest BCUT2D eigenvalue weighted by molar-refractivity contribution is 0.112. The van der Waals surface area contributed by atoms with Gasteiger partial charge in [-0.2, -0.15) is 0 Å². The smallest absolute Gasteiger partial charge is 0.118 e. The van der Waals surface area contributed by atoms with Crippen molar-refractivity contribution in [2.24, 2.45) is 5.41 Å². The van der Waals surface area contributed by atoms with Crippen molar-refractivity contribution in [3.05, 3.63) is 35.6 Å². The van der Waals surface area contributed by atoms with E-state index < -0.39 is 0 Å². The Morgan fingerprint density at radius 2 is 1.94 bits per heavy atom. The molecule has 17 heavy (non-hydrogen) atoms. The molecule has 0 aromatic carbocycles. The molecule has 0 aromatic heterocycles. The molecule has 0 radical (unpaired) electrons. The van der Waals surface area contributed by atoms with Gasteiger partial charge in [-0.15, -0.1) is 0 Å². The molecule has 2 saturated heterocycles. The zero-order chi connectivity index (χ0) is 12.3. The summed E-state index contributed by atoms with van der Waals surface area (Å²) < 4.78 is 5.88. The number of piperidine rings is 1. The molecule has 1 spiro atoms. The van der Waals surface area contributed by atoms with Crippen LogP contribution in [0.4, 0.5) is 0 Å². The maximum absolute atomic E-state index is 5.88. The Labute approximate surface area is 105 Å². The van der Waals surface area contributed by atoms with Crippen LogP contribution in [0.3, 0.4) is 0 Å². The molecule has 0 saturated carbocycles. The van der Waals surface area contributed by atoms with E-state index in [-0.39, 0.29) is 5.41 Å². The maximum atomic E-state index is 5.88. The van der Waals surface area contributed by atoms with Crippen molar-refractivity contribution < 1.29 is 4.74 Å². The van der Waals surface area contributed by atoms with Crippen LogP contribution in [0.25, 0.3) is 0 Å². The normalized spacial score (nSPS) is 29.6. The van der Waals surface area contributed by atoms with E-state index in [2.05, 4.69) is 50.1 Å². The summed E-state index contributed by atoms with van der Waals surface area (Å²) in [6, 6.07) is 0. The predicted octanol–water partition coefficient (Wildman–Crippen LogP) is 3.13. The minimum atomic E-state index is 0.272. The zero-order valence-corrected chi connectivity index (χ0v) is 11.2. The monoisotopic (exact) mass is 233 g/mol. The molecule has 0 amide bonds. The summed E-state index contributed by atoms with van der Waals surface area (Å²) in [5, 5.41) is 0. The lowest BCUT2D eigenvalue weighted by atomic mass is 9.73. The Hall–Kier alpha value is -1.02. The van der Waals surface area contributed by atoms with Crippen LogP contribution in [0, 0.1) is 5.41 Å². The van der Waals surface area contributed by atoms with Crippen molar-refractivity contribution in [1.82, 2.24) is 4.90 Å². The summed E-state index contributed by atoms with van der Waals surface area (Å²) in [4.78, 5) is 2.41. The van der Waals surface area contributed by atoms with Crippen molar-refractivity contribution in [3.8, 4) is 0 Å². The van der Waals surface area contributed by atoms with Gasteiger partial charge in [-0.05, 0) is 52.9 Å². The van der Waals surface area contributed by atoms with Crippen LogP contribution in [0.15, 0.2) is 35.6 Å². The van der Waals surface area contributed by atoms with Gasteiger partial charge in [0, 0.05) is 11.0 Å². The van der Waals surface area contributed by atoms with Gasteiger partial charge in [-0.1, -0.05) is 18.2 Å². The topological polar surface area (TPSA) is 12.5 Å². The standard InChI is InChI=1S/C15H23NO/c1-4-6-7-13-14(5-2)17-12-15(13)8-10-16(3)11-9-15/h4-7H,8-12H2,1-3H3/b6-4-,13-7+,14-5+. The molecule has 2 aliphatic rings. The highest BCUT2D eigenvalue weighted by atomic mass is 16.5. The third-order valence-electron chi connectivity index (χ3n) is 4.00. The second kappa shape index (κ2) is 5.09. The van der Waals surface area contributed by atoms with Gasteiger partial charge in [0.15, 0.2) is 0 Å². The molecule has 2 nitrogen and oxygen atoms in total. The Morgan fingerprint density at radius 3 is 2.53 bits per heavy atom. The molecular formula is C15H23NO. The van der Waals surface area contributed by atoms with Crippen LogP contribution in [-0.4, -0.2) is 31.6 Å². The lowest BCUT2D eigenvalue weighted by Gasteiger charge is -2.36. The van der Waals surface area contributed by atoms with Crippen LogP contribution in [0.5, 0.6) is 0 Å². The van der Waals surface area contributed by atoms with E-state index in [1.807, 2.05) is 0 Å². The molecule has 0 bridgehead atoms. The van der Waals surface area contributed by atoms with E-state index in [9.17, 15) is 0 Å². The summed E-state index contributed by atoms with van der Waals surface area (Å²) in [6.07, 6.45) is 11.0. The van der Waals surface area contributed by atoms with Gasteiger partial charge in [0.2, 0.25) is 0 Å². The molecule has 2 heteroatoms. The van der Waals surface area contributed by atoms with Crippen LogP contribution >= 0.6 is 0 Å². The van der Waals surface area contributed by atoms with Crippen LogP contribution < -0.4 is 0 Å². The van der Waals surface area contributed by atoms with Crippen LogP contribution in [0.2, 0.25) is 0 Å². The van der Waals surface area contributed by atoms with Gasteiger partial charge in [0.05, 0.1) is 6.61 Å². The van der Waals surface area contributed by atoms with Gasteiger partial charge in [0.25, 0.3) is 0 Å². The quantitative estimate of drug-likeness (QED) is 0.690. The minimum absolute atomic E-state index is 0.272. The van der Waals surface area contributed by atoms with Crippen molar-refractivity contribution >= 4 is 0 Å². The average molecular weight is 233 g/mol. The maximum Gasteiger partial charge on any atom is 0.118 e. The number of ether oxygens (including phenoxy) is 1. The van der Waals surface area contributed by atoms with E-state index in [1.54, 1.807) is 0 Å². The summed E-state index contributed by atoms with van der Waals surface area (Å²) >= 11 is 0. The number of rotatable bonds is 1. The Bertz CT molecular complexity index is 357. The fourth-order valence-electron chi connectivity index (χ4n) is 2.78. The first-order chi connectivity index (χ1) is 8.22. The lowest BCUT2D eigenvalue weighted by Crippen LogP contribution is -2.39. The summed E-state index contributed by atoms with van der Waals surface area (Å²) in [6.45, 7) is 7.33. The van der Waals surface area contributed by atoms with Crippen molar-refractivity contribution in [2.45, 2.75) is 26.7 Å². The molecule has 0 unspecified atom stereocenters. The van der Waals surface area contributed by atoms with E-state index in [0.29, 0.717) is 0 Å². The van der Waals surface area contributed by atoms with Crippen molar-refractivity contribution in [2.75, 3.05) is 26.7 Å². The van der Waals surface area contributed by atoms with Gasteiger partial charge in [0.1, 0.15) is 5.76 Å². The van der Waals surface area contributed by atoms with Gasteiger partial charge in [-0.25, -0.2) is 0 Å². The van der Waals surface area contributed by atoms with E-state index in [1.165, 1.54) is 31.5 Å². The SMILES string of the molecule is C\C=C/C=C1\C(=C/C)OCC12CCN(C)CC2. The van der Waals surface area contributed by atoms with E-state index in [4.69, 9.17) is 4.74 Å². The highest BCUT2D eigenvalue weighted by Crippen LogP contribution is 2.47. The molecule has 0 aliphatic carbocycles. The molecule has 0 N–H and O–H groups in total. The summed E-state index contributed by atoms with van der Waals surface area (Å²) in [7, 11) is 2.20. The number of nitrogens with zero attached hydrogens (tertiary/aromatic N) is 1. The number of hydrogen-bond donors (Lipinski definition) is 0. The van der Waals surface area contributed by atoms with Crippen LogP contribution in [-0.2, 0) is 4.74 Å². The molecule has 2 rings (SSSR count). The van der Waals surface area contributed by atoms with Gasteiger partial charge < -0.3 is 9.64 Å². The first kappa shape index (κ1) is 12.4. The first-order valence-corrected chi connectivity index (χ1v) is 6.53. The molecule has 94 valence electrons. The third kappa shape index (κ3) is 2.32. The Kier molecular flexibility index (Phi) is 3.72. The van der Waals surface area contributed by atoms with Gasteiger partial charge in [-0.3, -0.25) is 0 Å². The second-order valence-electron chi connectivity index (χ2n) is 5.13. The molecule has 0 aromatic rings. The average Bonchev–Trinajstić information content (AvgIpc) is 2.69. The predicted molar refractivity (Wildman–Crippen MR) is 71.8 cm³/mol. The largest absolute Gasteiger partial charge is 0.493 e. The van der Waals surface area contributed by atoms with Crippen LogP contribution in [0.1, 0.15) is 26.7 Å². The fraction of sp³-hybridized carbons (Fsp3) is 0.600. The Balaban J connectivity index is 2.27. The molecule has 2 aliphatic heterocycles. The highest BCUT2D eigenvalue weighted by molar-refractivity contribution is 5.39. The number of likely N-dealkylation sites (tertiary alicyclic amines) is 1.